The fourth-order valence-electron chi connectivity index (χ4n) is 8.00. The van der Waals surface area contributed by atoms with Crippen LogP contribution < -0.4 is 4.74 Å². The molecular weight excluding hydrogens is 552 g/mol. The van der Waals surface area contributed by atoms with Gasteiger partial charge in [-0.15, -0.1) is 0 Å². The summed E-state index contributed by atoms with van der Waals surface area (Å²) in [5.41, 5.74) is 12.1. The zero-order valence-electron chi connectivity index (χ0n) is 25.2. The maximum atomic E-state index is 6.41. The van der Waals surface area contributed by atoms with Crippen LogP contribution in [-0.2, 0) is 0 Å². The summed E-state index contributed by atoms with van der Waals surface area (Å²) in [5.74, 6) is 2.03. The molecule has 4 aromatic carbocycles. The normalized spacial score (nSPS) is 19.8. The van der Waals surface area contributed by atoms with Crippen LogP contribution in [0, 0.1) is 0 Å². The summed E-state index contributed by atoms with van der Waals surface area (Å²) < 4.78 is 8.59. The van der Waals surface area contributed by atoms with E-state index in [4.69, 9.17) is 14.7 Å². The molecule has 0 bridgehead atoms. The van der Waals surface area contributed by atoms with Gasteiger partial charge < -0.3 is 9.64 Å². The van der Waals surface area contributed by atoms with Crippen molar-refractivity contribution >= 4 is 38.3 Å². The quantitative estimate of drug-likeness (QED) is 0.204. The molecule has 0 saturated carbocycles. The molecule has 0 amide bonds. The van der Waals surface area contributed by atoms with Gasteiger partial charge >= 0.3 is 0 Å². The Kier molecular flexibility index (Phi) is 4.89. The first-order valence-electron chi connectivity index (χ1n) is 15.8. The van der Waals surface area contributed by atoms with Crippen LogP contribution in [0.4, 0.5) is 0 Å². The van der Waals surface area contributed by atoms with Crippen LogP contribution >= 0.6 is 0 Å². The monoisotopic (exact) mass is 582 g/mol. The third-order valence-electron chi connectivity index (χ3n) is 10.4. The molecule has 0 spiro atoms. The Hall–Kier alpha value is -5.42. The van der Waals surface area contributed by atoms with Crippen LogP contribution in [0.25, 0.3) is 55.4 Å². The smallest absolute Gasteiger partial charge is 0.238 e. The van der Waals surface area contributed by atoms with Crippen molar-refractivity contribution in [1.82, 2.24) is 19.4 Å². The Morgan fingerprint density at radius 2 is 1.69 bits per heavy atom. The highest BCUT2D eigenvalue weighted by atomic mass is 16.5. The first-order valence-corrected chi connectivity index (χ1v) is 15.8. The second kappa shape index (κ2) is 8.82. The van der Waals surface area contributed by atoms with Crippen molar-refractivity contribution in [3.05, 3.63) is 132 Å². The minimum atomic E-state index is 0.0130. The predicted molar refractivity (Wildman–Crippen MR) is 182 cm³/mol. The molecule has 4 heterocycles. The summed E-state index contributed by atoms with van der Waals surface area (Å²) >= 11 is 0. The van der Waals surface area contributed by atoms with E-state index in [0.29, 0.717) is 11.8 Å². The average molecular weight is 583 g/mol. The third kappa shape index (κ3) is 3.33. The molecule has 4 aliphatic rings. The van der Waals surface area contributed by atoms with Gasteiger partial charge in [-0.25, -0.2) is 4.98 Å². The van der Waals surface area contributed by atoms with Crippen LogP contribution in [0.1, 0.15) is 31.7 Å². The fourth-order valence-corrected chi connectivity index (χ4v) is 8.00. The van der Waals surface area contributed by atoms with Gasteiger partial charge in [0.2, 0.25) is 11.8 Å². The van der Waals surface area contributed by atoms with Gasteiger partial charge in [-0.2, -0.15) is 4.98 Å². The second-order valence-corrected chi connectivity index (χ2v) is 12.8. The summed E-state index contributed by atoms with van der Waals surface area (Å²) in [6.45, 7) is 2.39. The zero-order valence-corrected chi connectivity index (χ0v) is 25.2. The molecule has 2 aromatic heterocycles. The Morgan fingerprint density at radius 3 is 2.64 bits per heavy atom. The largest absolute Gasteiger partial charge is 0.438 e. The lowest BCUT2D eigenvalue weighted by atomic mass is 9.79. The molecular formula is C40H30N4O. The van der Waals surface area contributed by atoms with E-state index in [1.807, 2.05) is 18.2 Å². The van der Waals surface area contributed by atoms with Gasteiger partial charge in [0, 0.05) is 34.6 Å². The molecule has 2 aliphatic heterocycles. The van der Waals surface area contributed by atoms with Crippen molar-refractivity contribution in [3.8, 4) is 28.7 Å². The zero-order chi connectivity index (χ0) is 29.9. The Bertz CT molecular complexity index is 2420. The van der Waals surface area contributed by atoms with Crippen LogP contribution in [0.5, 0.6) is 11.6 Å². The van der Waals surface area contributed by atoms with Crippen LogP contribution in [0.15, 0.2) is 126 Å². The van der Waals surface area contributed by atoms with Crippen molar-refractivity contribution in [1.29, 1.82) is 0 Å². The van der Waals surface area contributed by atoms with Crippen molar-refractivity contribution in [2.75, 3.05) is 7.05 Å². The Labute approximate surface area is 261 Å². The van der Waals surface area contributed by atoms with E-state index in [9.17, 15) is 0 Å². The van der Waals surface area contributed by atoms with E-state index >= 15 is 0 Å². The van der Waals surface area contributed by atoms with Crippen LogP contribution in [0.2, 0.25) is 0 Å². The minimum absolute atomic E-state index is 0.0130. The van der Waals surface area contributed by atoms with Crippen molar-refractivity contribution < 1.29 is 4.74 Å². The first-order chi connectivity index (χ1) is 22.1. The number of para-hydroxylation sites is 2. The summed E-state index contributed by atoms with van der Waals surface area (Å²) in [5, 5.41) is 3.33. The van der Waals surface area contributed by atoms with E-state index in [0.717, 1.165) is 58.1 Å². The molecule has 0 fully saturated rings. The lowest BCUT2D eigenvalue weighted by molar-refractivity contribution is 0.242. The molecule has 216 valence electrons. The Morgan fingerprint density at radius 1 is 0.844 bits per heavy atom. The molecule has 0 radical (unpaired) electrons. The highest BCUT2D eigenvalue weighted by Crippen LogP contribution is 2.50. The SMILES string of the molecule is CN1C2=C(C=CCC2)C2=CC(c3ccc4c(c3)c3ccccc3n4-c3nc4c5c(cccc5n3)-c3ccccc3O4)=CCC21C. The number of fused-ring (bicyclic) bond motifs is 7. The number of ether oxygens (including phenoxy) is 1. The van der Waals surface area contributed by atoms with E-state index in [1.165, 1.54) is 38.8 Å². The molecule has 0 N–H and O–H groups in total. The molecule has 45 heavy (non-hydrogen) atoms. The predicted octanol–water partition coefficient (Wildman–Crippen LogP) is 9.52. The maximum Gasteiger partial charge on any atom is 0.238 e. The van der Waals surface area contributed by atoms with Crippen LogP contribution in [-0.4, -0.2) is 32.0 Å². The summed E-state index contributed by atoms with van der Waals surface area (Å²) in [4.78, 5) is 12.7. The van der Waals surface area contributed by atoms with E-state index in [-0.39, 0.29) is 5.54 Å². The van der Waals surface area contributed by atoms with Gasteiger partial charge in [0.25, 0.3) is 0 Å². The third-order valence-corrected chi connectivity index (χ3v) is 10.4. The molecule has 5 nitrogen and oxygen atoms in total. The number of hydrogen-bond donors (Lipinski definition) is 0. The van der Waals surface area contributed by atoms with Crippen molar-refractivity contribution in [2.45, 2.75) is 31.7 Å². The number of allylic oxidation sites excluding steroid dienone is 5. The Balaban J connectivity index is 1.14. The summed E-state index contributed by atoms with van der Waals surface area (Å²) in [6, 6.07) is 29.8. The summed E-state index contributed by atoms with van der Waals surface area (Å²) in [7, 11) is 2.27. The number of aromatic nitrogens is 3. The van der Waals surface area contributed by atoms with Gasteiger partial charge in [-0.05, 0) is 84.9 Å². The van der Waals surface area contributed by atoms with E-state index in [2.05, 4.69) is 114 Å². The molecule has 2 aliphatic carbocycles. The van der Waals surface area contributed by atoms with Crippen molar-refractivity contribution in [3.63, 3.8) is 0 Å². The highest BCUT2D eigenvalue weighted by Gasteiger charge is 2.44. The molecule has 10 rings (SSSR count). The molecule has 6 aromatic rings. The maximum absolute atomic E-state index is 6.41. The molecule has 1 unspecified atom stereocenters. The van der Waals surface area contributed by atoms with E-state index < -0.39 is 0 Å². The van der Waals surface area contributed by atoms with Gasteiger partial charge in [0.15, 0.2) is 0 Å². The number of likely N-dealkylation sites (N-methyl/N-ethyl adjacent to an activating group) is 1. The van der Waals surface area contributed by atoms with Gasteiger partial charge in [0.05, 0.1) is 27.5 Å². The molecule has 0 saturated heterocycles. The number of benzene rings is 4. The van der Waals surface area contributed by atoms with Gasteiger partial charge in [-0.1, -0.05) is 72.8 Å². The second-order valence-electron chi connectivity index (χ2n) is 12.8. The molecule has 5 heteroatoms. The topological polar surface area (TPSA) is 43.2 Å². The minimum Gasteiger partial charge on any atom is -0.438 e. The van der Waals surface area contributed by atoms with Crippen LogP contribution in [0.3, 0.4) is 0 Å². The first kappa shape index (κ1) is 25.0. The summed E-state index contributed by atoms with van der Waals surface area (Å²) in [6.07, 6.45) is 12.8. The van der Waals surface area contributed by atoms with Gasteiger partial charge in [-0.3, -0.25) is 4.57 Å². The standard InChI is InChI=1S/C40H30N4O/c1-40-21-20-25(23-31(40)29-12-4-6-15-33(29)43(40)2)24-18-19-35-30(22-24)26-10-3-7-16-34(26)44(35)39-41-32-14-9-13-28-27-11-5-8-17-36(27)45-38(42-39)37(28)32/h3-5,7-14,16-20,22-23H,6,15,21H2,1-2H3. The average Bonchev–Trinajstić information content (AvgIpc) is 3.53. The van der Waals surface area contributed by atoms with E-state index in [1.54, 1.807) is 0 Å². The highest BCUT2D eigenvalue weighted by molar-refractivity contribution is 6.10. The lowest BCUT2D eigenvalue weighted by Crippen LogP contribution is -2.40. The number of hydrogen-bond acceptors (Lipinski definition) is 4. The van der Waals surface area contributed by atoms with Gasteiger partial charge in [0.1, 0.15) is 5.75 Å². The lowest BCUT2D eigenvalue weighted by Gasteiger charge is -2.38. The van der Waals surface area contributed by atoms with Crippen molar-refractivity contribution in [2.24, 2.45) is 0 Å². The molecule has 1 atom stereocenters. The number of nitrogens with zero attached hydrogens (tertiary/aromatic N) is 4. The fraction of sp³-hybridized carbons (Fsp3) is 0.150. The number of rotatable bonds is 2.